The van der Waals surface area contributed by atoms with Gasteiger partial charge in [-0.05, 0) is 41.4 Å². The molecular formula is C20H25N3O2. The summed E-state index contributed by atoms with van der Waals surface area (Å²) in [6.07, 6.45) is 3.38. The van der Waals surface area contributed by atoms with Gasteiger partial charge in [-0.25, -0.2) is 0 Å². The Morgan fingerprint density at radius 1 is 1.28 bits per heavy atom. The number of benzene rings is 1. The number of carbonyl (C=O) groups excluding carboxylic acids is 1. The predicted octanol–water partition coefficient (Wildman–Crippen LogP) is 2.95. The summed E-state index contributed by atoms with van der Waals surface area (Å²) in [7, 11) is 0. The number of hydrogen-bond acceptors (Lipinski definition) is 4. The number of anilines is 1. The first-order valence-electron chi connectivity index (χ1n) is 8.66. The molecule has 2 aliphatic rings. The Kier molecular flexibility index (Phi) is 3.83. The van der Waals surface area contributed by atoms with Crippen LogP contribution in [0.5, 0.6) is 5.75 Å². The number of nitriles is 1. The van der Waals surface area contributed by atoms with Crippen LogP contribution in [0.1, 0.15) is 57.2 Å². The van der Waals surface area contributed by atoms with E-state index in [9.17, 15) is 9.90 Å². The lowest BCUT2D eigenvalue weighted by Crippen LogP contribution is -2.44. The minimum absolute atomic E-state index is 0.0379. The molecule has 1 aromatic rings. The van der Waals surface area contributed by atoms with Gasteiger partial charge in [0.2, 0.25) is 0 Å². The van der Waals surface area contributed by atoms with Crippen LogP contribution < -0.4 is 10.6 Å². The Hall–Kier alpha value is -2.48. The number of rotatable bonds is 2. The van der Waals surface area contributed by atoms with Crippen molar-refractivity contribution in [3.63, 3.8) is 0 Å². The van der Waals surface area contributed by atoms with Gasteiger partial charge in [-0.2, -0.15) is 5.26 Å². The fourth-order valence-electron chi connectivity index (χ4n) is 4.02. The number of aromatic hydroxyl groups is 1. The van der Waals surface area contributed by atoms with Gasteiger partial charge in [0.15, 0.2) is 0 Å². The summed E-state index contributed by atoms with van der Waals surface area (Å²) < 4.78 is 0. The second-order valence-corrected chi connectivity index (χ2v) is 8.37. The van der Waals surface area contributed by atoms with Gasteiger partial charge in [-0.3, -0.25) is 4.79 Å². The van der Waals surface area contributed by atoms with Crippen molar-refractivity contribution in [2.24, 2.45) is 5.73 Å². The monoisotopic (exact) mass is 339 g/mol. The average molecular weight is 339 g/mol. The van der Waals surface area contributed by atoms with Crippen LogP contribution in [0.2, 0.25) is 0 Å². The number of primary amides is 1. The van der Waals surface area contributed by atoms with Crippen molar-refractivity contribution in [2.45, 2.75) is 51.4 Å². The molecule has 2 heterocycles. The molecule has 0 aliphatic carbocycles. The van der Waals surface area contributed by atoms with Crippen LogP contribution in [0.25, 0.3) is 6.08 Å². The van der Waals surface area contributed by atoms with Crippen LogP contribution in [0, 0.1) is 11.3 Å². The number of hydrogen-bond donors (Lipinski definition) is 2. The second-order valence-electron chi connectivity index (χ2n) is 8.37. The van der Waals surface area contributed by atoms with Crippen molar-refractivity contribution in [3.05, 3.63) is 28.3 Å². The van der Waals surface area contributed by atoms with Crippen molar-refractivity contribution >= 4 is 17.7 Å². The van der Waals surface area contributed by atoms with E-state index in [1.807, 2.05) is 12.1 Å². The largest absolute Gasteiger partial charge is 0.507 e. The normalized spacial score (nSPS) is 20.6. The molecule has 0 saturated carbocycles. The molecule has 0 aromatic heterocycles. The van der Waals surface area contributed by atoms with E-state index in [1.54, 1.807) is 0 Å². The van der Waals surface area contributed by atoms with Crippen LogP contribution >= 0.6 is 0 Å². The average Bonchev–Trinajstić information content (AvgIpc) is 2.51. The van der Waals surface area contributed by atoms with E-state index >= 15 is 0 Å². The standard InChI is InChI=1S/C20H25N3O2/c1-19(2)5-7-23-8-6-20(3,4)15-16(23)14(19)10-12(17(15)24)9-13(11-21)18(22)25/h9-10,24H,5-8H2,1-4H3,(H2,22,25)/b13-9-. The SMILES string of the molecule is CC1(C)CCN2CCC(C)(C)c3c(O)c(/C=C(/C#N)C(N)=O)cc1c32. The van der Waals surface area contributed by atoms with Crippen molar-refractivity contribution < 1.29 is 9.90 Å². The van der Waals surface area contributed by atoms with E-state index in [2.05, 4.69) is 32.6 Å². The first kappa shape index (κ1) is 17.3. The molecule has 132 valence electrons. The van der Waals surface area contributed by atoms with E-state index in [0.29, 0.717) is 5.56 Å². The Morgan fingerprint density at radius 3 is 2.44 bits per heavy atom. The summed E-state index contributed by atoms with van der Waals surface area (Å²) in [5, 5.41) is 20.2. The summed E-state index contributed by atoms with van der Waals surface area (Å²) in [6, 6.07) is 3.74. The number of phenols is 1. The smallest absolute Gasteiger partial charge is 0.259 e. The number of nitrogens with zero attached hydrogens (tertiary/aromatic N) is 2. The quantitative estimate of drug-likeness (QED) is 0.640. The van der Waals surface area contributed by atoms with Crippen LogP contribution in [0.3, 0.4) is 0 Å². The van der Waals surface area contributed by atoms with Gasteiger partial charge in [0.05, 0.1) is 0 Å². The minimum Gasteiger partial charge on any atom is -0.507 e. The maximum absolute atomic E-state index is 11.4. The highest BCUT2D eigenvalue weighted by Gasteiger charge is 2.42. The Labute approximate surface area is 148 Å². The summed E-state index contributed by atoms with van der Waals surface area (Å²) in [6.45, 7) is 10.6. The lowest BCUT2D eigenvalue weighted by Gasteiger charge is -2.48. The molecular weight excluding hydrogens is 314 g/mol. The van der Waals surface area contributed by atoms with E-state index in [-0.39, 0.29) is 22.2 Å². The van der Waals surface area contributed by atoms with Gasteiger partial charge in [0, 0.05) is 29.9 Å². The van der Waals surface area contributed by atoms with Gasteiger partial charge in [-0.1, -0.05) is 27.7 Å². The van der Waals surface area contributed by atoms with Crippen LogP contribution in [0.4, 0.5) is 5.69 Å². The zero-order valence-electron chi connectivity index (χ0n) is 15.3. The fraction of sp³-hybridized carbons (Fsp3) is 0.500. The third-order valence-electron chi connectivity index (χ3n) is 5.72. The van der Waals surface area contributed by atoms with Crippen molar-refractivity contribution in [2.75, 3.05) is 18.0 Å². The molecule has 3 N–H and O–H groups in total. The van der Waals surface area contributed by atoms with Crippen molar-refractivity contribution in [3.8, 4) is 11.8 Å². The molecule has 1 amide bonds. The van der Waals surface area contributed by atoms with Crippen molar-refractivity contribution in [1.82, 2.24) is 0 Å². The Bertz CT molecular complexity index is 826. The zero-order chi connectivity index (χ0) is 18.6. The lowest BCUT2D eigenvalue weighted by atomic mass is 9.68. The molecule has 0 bridgehead atoms. The summed E-state index contributed by atoms with van der Waals surface area (Å²) in [4.78, 5) is 13.8. The van der Waals surface area contributed by atoms with Crippen LogP contribution in [0.15, 0.2) is 11.6 Å². The third kappa shape index (κ3) is 2.66. The fourth-order valence-corrected chi connectivity index (χ4v) is 4.02. The van der Waals surface area contributed by atoms with Crippen molar-refractivity contribution in [1.29, 1.82) is 5.26 Å². The maximum atomic E-state index is 11.4. The molecule has 0 radical (unpaired) electrons. The summed E-state index contributed by atoms with van der Waals surface area (Å²) >= 11 is 0. The Balaban J connectivity index is 2.36. The molecule has 0 spiro atoms. The molecule has 5 nitrogen and oxygen atoms in total. The maximum Gasteiger partial charge on any atom is 0.259 e. The molecule has 0 fully saturated rings. The van der Waals surface area contributed by atoms with E-state index in [1.165, 1.54) is 6.08 Å². The van der Waals surface area contributed by atoms with E-state index < -0.39 is 5.91 Å². The van der Waals surface area contributed by atoms with E-state index in [0.717, 1.165) is 42.7 Å². The van der Waals surface area contributed by atoms with Gasteiger partial charge < -0.3 is 15.7 Å². The van der Waals surface area contributed by atoms with Gasteiger partial charge in [-0.15, -0.1) is 0 Å². The highest BCUT2D eigenvalue weighted by Crippen LogP contribution is 2.53. The van der Waals surface area contributed by atoms with Crippen LogP contribution in [-0.2, 0) is 15.6 Å². The molecule has 5 heteroatoms. The number of amides is 1. The van der Waals surface area contributed by atoms with E-state index in [4.69, 9.17) is 11.0 Å². The highest BCUT2D eigenvalue weighted by atomic mass is 16.3. The third-order valence-corrected chi connectivity index (χ3v) is 5.72. The molecule has 0 atom stereocenters. The lowest BCUT2D eigenvalue weighted by molar-refractivity contribution is -0.114. The molecule has 2 aliphatic heterocycles. The van der Waals surface area contributed by atoms with Gasteiger partial charge >= 0.3 is 0 Å². The topological polar surface area (TPSA) is 90.3 Å². The zero-order valence-corrected chi connectivity index (χ0v) is 15.3. The number of nitrogens with two attached hydrogens (primary N) is 1. The first-order chi connectivity index (χ1) is 11.6. The molecule has 0 unspecified atom stereocenters. The highest BCUT2D eigenvalue weighted by molar-refractivity contribution is 6.01. The minimum atomic E-state index is -0.784. The number of carbonyl (C=O) groups is 1. The molecule has 1 aromatic carbocycles. The first-order valence-corrected chi connectivity index (χ1v) is 8.66. The summed E-state index contributed by atoms with van der Waals surface area (Å²) in [5.74, 6) is -0.631. The molecule has 0 saturated heterocycles. The van der Waals surface area contributed by atoms with Crippen LogP contribution in [-0.4, -0.2) is 24.1 Å². The second kappa shape index (κ2) is 5.52. The number of phenolic OH excluding ortho intramolecular Hbond substituents is 1. The van der Waals surface area contributed by atoms with Gasteiger partial charge in [0.25, 0.3) is 5.91 Å². The molecule has 25 heavy (non-hydrogen) atoms. The van der Waals surface area contributed by atoms with Gasteiger partial charge in [0.1, 0.15) is 17.4 Å². The predicted molar refractivity (Wildman–Crippen MR) is 98.4 cm³/mol. The molecule has 3 rings (SSSR count). The summed E-state index contributed by atoms with van der Waals surface area (Å²) in [5.41, 5.74) is 8.60. The Morgan fingerprint density at radius 2 is 1.88 bits per heavy atom.